The lowest BCUT2D eigenvalue weighted by atomic mass is 10.0. The number of hydrogen-bond acceptors (Lipinski definition) is 7. The summed E-state index contributed by atoms with van der Waals surface area (Å²) in [4.78, 5) is 12.8. The van der Waals surface area contributed by atoms with E-state index in [1.807, 2.05) is 6.92 Å². The number of phenols is 1. The van der Waals surface area contributed by atoms with Crippen LogP contribution in [-0.2, 0) is 10.1 Å². The third-order valence-corrected chi connectivity index (χ3v) is 7.26. The first-order chi connectivity index (χ1) is 18.0. The van der Waals surface area contributed by atoms with Crippen LogP contribution in [0.3, 0.4) is 0 Å². The summed E-state index contributed by atoms with van der Waals surface area (Å²) >= 11 is 12.4. The number of nitrogens with zero attached hydrogens (tertiary/aromatic N) is 2. The van der Waals surface area contributed by atoms with Crippen molar-refractivity contribution in [2.45, 2.75) is 18.7 Å². The van der Waals surface area contributed by atoms with Crippen LogP contribution in [0.15, 0.2) is 75.8 Å². The molecule has 4 aromatic carbocycles. The lowest BCUT2D eigenvalue weighted by molar-refractivity contribution is 0.102. The van der Waals surface area contributed by atoms with Gasteiger partial charge in [0.15, 0.2) is 5.75 Å². The Morgan fingerprint density at radius 1 is 1.03 bits per heavy atom. The molecule has 4 aromatic rings. The highest BCUT2D eigenvalue weighted by Crippen LogP contribution is 2.40. The number of aromatic hydroxyl groups is 1. The van der Waals surface area contributed by atoms with Gasteiger partial charge in [-0.1, -0.05) is 47.5 Å². The maximum Gasteiger partial charge on any atom is 0.294 e. The molecule has 1 amide bonds. The number of benzene rings is 4. The predicted molar refractivity (Wildman–Crippen MR) is 146 cm³/mol. The van der Waals surface area contributed by atoms with Crippen molar-refractivity contribution in [2.75, 3.05) is 11.9 Å². The molecule has 0 fully saturated rings. The summed E-state index contributed by atoms with van der Waals surface area (Å²) in [6.45, 7) is 3.68. The standard InChI is InChI=1S/C26H21Cl2N3O6S/c1-3-37-17-8-9-20(27)22(13-17)29-26(33)19-10-15-6-4-5-7-18(15)24(25(19)32)31-30-16-11-21(28)14(2)23(12-16)38(34,35)36/h4-13,32H,3H2,1-2H3,(H,29,33)(H,34,35,36). The molecule has 38 heavy (non-hydrogen) atoms. The molecule has 0 aliphatic carbocycles. The summed E-state index contributed by atoms with van der Waals surface area (Å²) in [6.07, 6.45) is 0. The first kappa shape index (κ1) is 27.3. The average Bonchev–Trinajstić information content (AvgIpc) is 2.86. The number of halogens is 2. The van der Waals surface area contributed by atoms with Crippen molar-refractivity contribution in [2.24, 2.45) is 10.2 Å². The minimum absolute atomic E-state index is 0.00563. The van der Waals surface area contributed by atoms with E-state index in [4.69, 9.17) is 27.9 Å². The number of amides is 1. The molecule has 0 radical (unpaired) electrons. The molecule has 0 atom stereocenters. The molecule has 4 rings (SSSR count). The molecule has 0 aliphatic heterocycles. The molecule has 9 nitrogen and oxygen atoms in total. The molecule has 0 aromatic heterocycles. The quantitative estimate of drug-likeness (QED) is 0.155. The van der Waals surface area contributed by atoms with E-state index in [2.05, 4.69) is 15.5 Å². The Morgan fingerprint density at radius 2 is 1.76 bits per heavy atom. The van der Waals surface area contributed by atoms with E-state index in [1.165, 1.54) is 19.1 Å². The number of ether oxygens (including phenoxy) is 1. The lowest BCUT2D eigenvalue weighted by Gasteiger charge is -2.13. The fourth-order valence-electron chi connectivity index (χ4n) is 3.71. The molecular weight excluding hydrogens is 553 g/mol. The van der Waals surface area contributed by atoms with Gasteiger partial charge in [-0.15, -0.1) is 5.11 Å². The van der Waals surface area contributed by atoms with Gasteiger partial charge in [-0.3, -0.25) is 9.35 Å². The average molecular weight is 574 g/mol. The minimum atomic E-state index is -4.57. The van der Waals surface area contributed by atoms with E-state index in [0.717, 1.165) is 6.07 Å². The molecule has 0 saturated carbocycles. The highest BCUT2D eigenvalue weighted by molar-refractivity contribution is 7.85. The summed E-state index contributed by atoms with van der Waals surface area (Å²) in [5, 5.41) is 23.3. The third-order valence-electron chi connectivity index (χ3n) is 5.56. The topological polar surface area (TPSA) is 138 Å². The number of rotatable bonds is 7. The van der Waals surface area contributed by atoms with Crippen LogP contribution in [0, 0.1) is 6.92 Å². The molecule has 0 unspecified atom stereocenters. The van der Waals surface area contributed by atoms with Gasteiger partial charge in [-0.25, -0.2) is 0 Å². The fraction of sp³-hybridized carbons (Fsp3) is 0.115. The number of phenolic OH excluding ortho intramolecular Hbond substituents is 1. The number of fused-ring (bicyclic) bond motifs is 1. The van der Waals surface area contributed by atoms with Gasteiger partial charge in [-0.2, -0.15) is 13.5 Å². The van der Waals surface area contributed by atoms with Crippen LogP contribution in [0.2, 0.25) is 10.0 Å². The van der Waals surface area contributed by atoms with Crippen LogP contribution in [0.4, 0.5) is 17.1 Å². The van der Waals surface area contributed by atoms with Gasteiger partial charge in [0.1, 0.15) is 16.3 Å². The summed E-state index contributed by atoms with van der Waals surface area (Å²) in [7, 11) is -4.57. The van der Waals surface area contributed by atoms with Gasteiger partial charge in [0.25, 0.3) is 16.0 Å². The maximum absolute atomic E-state index is 13.2. The zero-order chi connectivity index (χ0) is 27.6. The lowest BCUT2D eigenvalue weighted by Crippen LogP contribution is -2.12. The van der Waals surface area contributed by atoms with Crippen molar-refractivity contribution < 1.29 is 27.6 Å². The Labute approximate surface area is 228 Å². The van der Waals surface area contributed by atoms with Crippen LogP contribution < -0.4 is 10.1 Å². The molecule has 0 heterocycles. The molecular formula is C26H21Cl2N3O6S. The maximum atomic E-state index is 13.2. The number of azo groups is 1. The molecule has 0 spiro atoms. The number of anilines is 1. The first-order valence-corrected chi connectivity index (χ1v) is 13.4. The van der Waals surface area contributed by atoms with E-state index in [9.17, 15) is 22.9 Å². The Hall–Kier alpha value is -3.70. The largest absolute Gasteiger partial charge is 0.505 e. The van der Waals surface area contributed by atoms with Gasteiger partial charge in [0, 0.05) is 16.5 Å². The highest BCUT2D eigenvalue weighted by atomic mass is 35.5. The number of carbonyl (C=O) groups excluding carboxylic acids is 1. The second-order valence-corrected chi connectivity index (χ2v) is 10.3. The summed E-state index contributed by atoms with van der Waals surface area (Å²) in [5.41, 5.74) is 0.298. The molecule has 3 N–H and O–H groups in total. The van der Waals surface area contributed by atoms with Crippen LogP contribution in [0.5, 0.6) is 11.5 Å². The Bertz CT molecular complexity index is 1710. The molecule has 0 aliphatic rings. The zero-order valence-electron chi connectivity index (χ0n) is 20.1. The van der Waals surface area contributed by atoms with E-state index in [-0.39, 0.29) is 38.2 Å². The molecule has 0 saturated heterocycles. The number of hydrogen-bond donors (Lipinski definition) is 3. The minimum Gasteiger partial charge on any atom is -0.505 e. The Balaban J connectivity index is 1.79. The second-order valence-electron chi connectivity index (χ2n) is 8.10. The molecule has 12 heteroatoms. The van der Waals surface area contributed by atoms with Crippen molar-refractivity contribution in [1.82, 2.24) is 0 Å². The first-order valence-electron chi connectivity index (χ1n) is 11.2. The number of nitrogens with one attached hydrogen (secondary N) is 1. The van der Waals surface area contributed by atoms with Crippen molar-refractivity contribution >= 4 is 67.1 Å². The fourth-order valence-corrected chi connectivity index (χ4v) is 4.91. The Morgan fingerprint density at radius 3 is 2.47 bits per heavy atom. The van der Waals surface area contributed by atoms with Gasteiger partial charge in [0.2, 0.25) is 0 Å². The highest BCUT2D eigenvalue weighted by Gasteiger charge is 2.20. The van der Waals surface area contributed by atoms with Crippen LogP contribution in [0.25, 0.3) is 10.8 Å². The third kappa shape index (κ3) is 5.73. The molecule has 0 bridgehead atoms. The zero-order valence-corrected chi connectivity index (χ0v) is 22.4. The van der Waals surface area contributed by atoms with Gasteiger partial charge < -0.3 is 15.2 Å². The normalized spacial score (nSPS) is 11.7. The molecule has 196 valence electrons. The van der Waals surface area contributed by atoms with Crippen LogP contribution in [0.1, 0.15) is 22.8 Å². The van der Waals surface area contributed by atoms with Crippen molar-refractivity contribution in [1.29, 1.82) is 0 Å². The SMILES string of the molecule is CCOc1ccc(Cl)c(NC(=O)c2cc3ccccc3c(N=Nc3cc(Cl)c(C)c(S(=O)(=O)O)c3)c2O)c1. The van der Waals surface area contributed by atoms with E-state index < -0.39 is 26.7 Å². The van der Waals surface area contributed by atoms with Crippen molar-refractivity contribution in [3.05, 3.63) is 81.8 Å². The summed E-state index contributed by atoms with van der Waals surface area (Å²) in [5.74, 6) is -0.618. The smallest absolute Gasteiger partial charge is 0.294 e. The summed E-state index contributed by atoms with van der Waals surface area (Å²) < 4.78 is 38.4. The van der Waals surface area contributed by atoms with Crippen LogP contribution in [-0.4, -0.2) is 30.6 Å². The predicted octanol–water partition coefficient (Wildman–Crippen LogP) is 7.47. The summed E-state index contributed by atoms with van der Waals surface area (Å²) in [6, 6.07) is 15.6. The van der Waals surface area contributed by atoms with Crippen molar-refractivity contribution in [3.8, 4) is 11.5 Å². The van der Waals surface area contributed by atoms with Gasteiger partial charge in [0.05, 0.1) is 28.6 Å². The monoisotopic (exact) mass is 573 g/mol. The van der Waals surface area contributed by atoms with Gasteiger partial charge in [-0.05, 0) is 55.1 Å². The van der Waals surface area contributed by atoms with E-state index in [1.54, 1.807) is 42.5 Å². The van der Waals surface area contributed by atoms with E-state index in [0.29, 0.717) is 23.1 Å². The number of carbonyl (C=O) groups is 1. The van der Waals surface area contributed by atoms with Crippen LogP contribution >= 0.6 is 23.2 Å². The van der Waals surface area contributed by atoms with Crippen molar-refractivity contribution in [3.63, 3.8) is 0 Å². The van der Waals surface area contributed by atoms with E-state index >= 15 is 0 Å². The second kappa shape index (κ2) is 11.0. The Kier molecular flexibility index (Phi) is 7.89. The van der Waals surface area contributed by atoms with Gasteiger partial charge >= 0.3 is 0 Å².